The van der Waals surface area contributed by atoms with Crippen molar-refractivity contribution >= 4 is 65.6 Å². The Balaban J connectivity index is 1.21. The molecule has 10 rings (SSSR count). The summed E-state index contributed by atoms with van der Waals surface area (Å²) in [6, 6.07) is 54.0. The van der Waals surface area contributed by atoms with Crippen LogP contribution in [0.1, 0.15) is 0 Å². The van der Waals surface area contributed by atoms with Gasteiger partial charge < -0.3 is 18.3 Å². The van der Waals surface area contributed by atoms with E-state index in [1.807, 2.05) is 24.3 Å². The first-order valence-corrected chi connectivity index (χ1v) is 15.9. The molecule has 0 aliphatic rings. The van der Waals surface area contributed by atoms with E-state index >= 15 is 0 Å². The maximum absolute atomic E-state index is 6.53. The second-order valence-corrected chi connectivity index (χ2v) is 12.1. The van der Waals surface area contributed by atoms with Crippen molar-refractivity contribution in [3.05, 3.63) is 152 Å². The zero-order valence-corrected chi connectivity index (χ0v) is 25.6. The molecule has 3 aromatic heterocycles. The van der Waals surface area contributed by atoms with Gasteiger partial charge in [-0.25, -0.2) is 0 Å². The smallest absolute Gasteiger partial charge is 0.159 e. The highest BCUT2D eigenvalue weighted by atomic mass is 16.5. The minimum Gasteiger partial charge on any atom is -0.497 e. The van der Waals surface area contributed by atoms with Crippen molar-refractivity contribution in [3.8, 4) is 28.3 Å². The van der Waals surface area contributed by atoms with Crippen LogP contribution in [0.5, 0.6) is 5.75 Å². The number of fused-ring (bicyclic) bond motifs is 9. The highest BCUT2D eigenvalue weighted by molar-refractivity contribution is 6.14. The summed E-state index contributed by atoms with van der Waals surface area (Å²) in [5.74, 6) is 0.848. The van der Waals surface area contributed by atoms with E-state index in [0.29, 0.717) is 0 Å². The zero-order valence-electron chi connectivity index (χ0n) is 25.6. The maximum atomic E-state index is 6.53. The van der Waals surface area contributed by atoms with Crippen LogP contribution in [0.25, 0.3) is 88.1 Å². The topological polar surface area (TPSA) is 32.2 Å². The third-order valence-electron chi connectivity index (χ3n) is 9.63. The van der Waals surface area contributed by atoms with Gasteiger partial charge >= 0.3 is 0 Å². The second kappa shape index (κ2) is 9.87. The van der Waals surface area contributed by atoms with Gasteiger partial charge in [0.15, 0.2) is 5.58 Å². The summed E-state index contributed by atoms with van der Waals surface area (Å²) in [5.41, 5.74) is 11.0. The standard InChI is InChI=1S/C43H28N2O2/c1-46-30-21-19-29(20-22-30)44-37-13-5-3-10-32(37)36-25-27(18-24-39(36)44)28-17-23-33-31-9-2-6-14-38(31)45(41(33)26-28)40-15-8-12-35-34-11-4-7-16-42(34)47-43(35)40/h2-26H,1H3. The highest BCUT2D eigenvalue weighted by Crippen LogP contribution is 2.40. The summed E-state index contributed by atoms with van der Waals surface area (Å²) in [6.45, 7) is 0. The molecule has 3 heterocycles. The van der Waals surface area contributed by atoms with Crippen molar-refractivity contribution in [2.45, 2.75) is 0 Å². The summed E-state index contributed by atoms with van der Waals surface area (Å²) in [7, 11) is 1.70. The van der Waals surface area contributed by atoms with Crippen molar-refractivity contribution in [2.24, 2.45) is 0 Å². The molecule has 47 heavy (non-hydrogen) atoms. The van der Waals surface area contributed by atoms with E-state index in [4.69, 9.17) is 9.15 Å². The van der Waals surface area contributed by atoms with Crippen LogP contribution < -0.4 is 4.74 Å². The Labute approximate surface area is 270 Å². The van der Waals surface area contributed by atoms with Gasteiger partial charge in [0, 0.05) is 38.0 Å². The SMILES string of the molecule is COc1ccc(-n2c3ccccc3c3cc(-c4ccc5c6ccccc6n(-c6cccc7c6oc6ccccc67)c5c4)ccc32)cc1. The zero-order chi connectivity index (χ0) is 31.1. The van der Waals surface area contributed by atoms with Crippen LogP contribution in [-0.2, 0) is 0 Å². The minimum absolute atomic E-state index is 0.848. The normalized spacial score (nSPS) is 11.9. The average Bonchev–Trinajstić information content (AvgIpc) is 3.79. The minimum atomic E-state index is 0.848. The van der Waals surface area contributed by atoms with Gasteiger partial charge in [-0.2, -0.15) is 0 Å². The molecule has 0 amide bonds. The molecule has 0 unspecified atom stereocenters. The Bertz CT molecular complexity index is 2830. The molecule has 0 aliphatic heterocycles. The summed E-state index contributed by atoms with van der Waals surface area (Å²) < 4.78 is 16.7. The molecule has 10 aromatic rings. The van der Waals surface area contributed by atoms with Crippen LogP contribution in [0.3, 0.4) is 0 Å². The molecule has 0 atom stereocenters. The predicted octanol–water partition coefficient (Wildman–Crippen LogP) is 11.5. The largest absolute Gasteiger partial charge is 0.497 e. The lowest BCUT2D eigenvalue weighted by Gasteiger charge is -2.11. The van der Waals surface area contributed by atoms with Crippen molar-refractivity contribution in [1.29, 1.82) is 0 Å². The lowest BCUT2D eigenvalue weighted by atomic mass is 10.0. The van der Waals surface area contributed by atoms with E-state index < -0.39 is 0 Å². The number of rotatable bonds is 4. The van der Waals surface area contributed by atoms with Gasteiger partial charge in [0.25, 0.3) is 0 Å². The molecule has 0 radical (unpaired) electrons. The molecule has 0 fully saturated rings. The summed E-state index contributed by atoms with van der Waals surface area (Å²) in [5, 5.41) is 7.15. The Kier molecular flexibility index (Phi) is 5.46. The third kappa shape index (κ3) is 3.76. The second-order valence-electron chi connectivity index (χ2n) is 12.1. The first-order valence-electron chi connectivity index (χ1n) is 15.9. The van der Waals surface area contributed by atoms with Gasteiger partial charge in [0.05, 0.1) is 34.9 Å². The number of furan rings is 1. The van der Waals surface area contributed by atoms with Gasteiger partial charge in [-0.15, -0.1) is 0 Å². The van der Waals surface area contributed by atoms with E-state index in [2.05, 4.69) is 137 Å². The molecule has 0 spiro atoms. The van der Waals surface area contributed by atoms with Crippen LogP contribution in [-0.4, -0.2) is 16.2 Å². The summed E-state index contributed by atoms with van der Waals surface area (Å²) in [4.78, 5) is 0. The van der Waals surface area contributed by atoms with Crippen LogP contribution >= 0.6 is 0 Å². The average molecular weight is 605 g/mol. The van der Waals surface area contributed by atoms with E-state index in [1.54, 1.807) is 7.11 Å². The van der Waals surface area contributed by atoms with Crippen LogP contribution in [0.4, 0.5) is 0 Å². The molecular weight excluding hydrogens is 576 g/mol. The number of aromatic nitrogens is 2. The van der Waals surface area contributed by atoms with Gasteiger partial charge in [0.2, 0.25) is 0 Å². The Morgan fingerprint density at radius 2 is 1.06 bits per heavy atom. The lowest BCUT2D eigenvalue weighted by molar-refractivity contribution is 0.415. The molecular formula is C43H28N2O2. The maximum Gasteiger partial charge on any atom is 0.159 e. The molecule has 4 nitrogen and oxygen atoms in total. The number of ether oxygens (including phenoxy) is 1. The molecule has 0 bridgehead atoms. The van der Waals surface area contributed by atoms with Gasteiger partial charge in [-0.1, -0.05) is 84.9 Å². The monoisotopic (exact) mass is 604 g/mol. The van der Waals surface area contributed by atoms with Gasteiger partial charge in [-0.3, -0.25) is 0 Å². The predicted molar refractivity (Wildman–Crippen MR) is 194 cm³/mol. The molecule has 4 heteroatoms. The molecule has 0 saturated carbocycles. The third-order valence-corrected chi connectivity index (χ3v) is 9.63. The first-order chi connectivity index (χ1) is 23.3. The van der Waals surface area contributed by atoms with Gasteiger partial charge in [0.1, 0.15) is 11.3 Å². The number of hydrogen-bond acceptors (Lipinski definition) is 2. The van der Waals surface area contributed by atoms with E-state index in [-0.39, 0.29) is 0 Å². The number of nitrogens with zero attached hydrogens (tertiary/aromatic N) is 2. The Hall–Kier alpha value is -6.26. The Morgan fingerprint density at radius 3 is 1.87 bits per heavy atom. The molecule has 222 valence electrons. The fraction of sp³-hybridized carbons (Fsp3) is 0.0233. The van der Waals surface area contributed by atoms with Gasteiger partial charge in [-0.05, 0) is 77.9 Å². The van der Waals surface area contributed by atoms with Crippen molar-refractivity contribution in [1.82, 2.24) is 9.13 Å². The fourth-order valence-electron chi connectivity index (χ4n) is 7.48. The first kappa shape index (κ1) is 26.0. The lowest BCUT2D eigenvalue weighted by Crippen LogP contribution is -1.95. The summed E-state index contributed by atoms with van der Waals surface area (Å²) >= 11 is 0. The molecule has 0 saturated heterocycles. The molecule has 7 aromatic carbocycles. The van der Waals surface area contributed by atoms with Crippen molar-refractivity contribution in [2.75, 3.05) is 7.11 Å². The number of methoxy groups -OCH3 is 1. The van der Waals surface area contributed by atoms with E-state index in [1.165, 1.54) is 43.7 Å². The van der Waals surface area contributed by atoms with Crippen LogP contribution in [0.15, 0.2) is 156 Å². The fourth-order valence-corrected chi connectivity index (χ4v) is 7.48. The van der Waals surface area contributed by atoms with E-state index in [9.17, 15) is 0 Å². The quantitative estimate of drug-likeness (QED) is 0.200. The van der Waals surface area contributed by atoms with Crippen molar-refractivity contribution < 1.29 is 9.15 Å². The molecule has 0 N–H and O–H groups in total. The van der Waals surface area contributed by atoms with Crippen molar-refractivity contribution in [3.63, 3.8) is 0 Å². The highest BCUT2D eigenvalue weighted by Gasteiger charge is 2.19. The number of benzene rings is 7. The molecule has 0 aliphatic carbocycles. The van der Waals surface area contributed by atoms with Crippen LogP contribution in [0, 0.1) is 0 Å². The Morgan fingerprint density at radius 1 is 0.447 bits per heavy atom. The van der Waals surface area contributed by atoms with Crippen LogP contribution in [0.2, 0.25) is 0 Å². The number of para-hydroxylation sites is 4. The summed E-state index contributed by atoms with van der Waals surface area (Å²) in [6.07, 6.45) is 0. The number of hydrogen-bond donors (Lipinski definition) is 0. The van der Waals surface area contributed by atoms with E-state index in [0.717, 1.165) is 50.1 Å².